The van der Waals surface area contributed by atoms with Crippen LogP contribution in [-0.4, -0.2) is 18.1 Å². The van der Waals surface area contributed by atoms with Gasteiger partial charge in [0.15, 0.2) is 5.13 Å². The summed E-state index contributed by atoms with van der Waals surface area (Å²) in [4.78, 5) is 4.60. The van der Waals surface area contributed by atoms with Gasteiger partial charge in [0.1, 0.15) is 5.75 Å². The third kappa shape index (κ3) is 2.75. The number of thiazole rings is 1. The second-order valence-electron chi connectivity index (χ2n) is 4.67. The molecule has 0 bridgehead atoms. The zero-order chi connectivity index (χ0) is 13.1. The lowest BCUT2D eigenvalue weighted by Crippen LogP contribution is -2.22. The van der Waals surface area contributed by atoms with Crippen LogP contribution >= 0.6 is 11.3 Å². The van der Waals surface area contributed by atoms with Gasteiger partial charge in [-0.25, -0.2) is 4.98 Å². The zero-order valence-corrected chi connectivity index (χ0v) is 12.2. The van der Waals surface area contributed by atoms with Gasteiger partial charge in [0, 0.05) is 6.04 Å². The van der Waals surface area contributed by atoms with Gasteiger partial charge in [-0.15, -0.1) is 0 Å². The molecule has 0 aliphatic heterocycles. The van der Waals surface area contributed by atoms with Crippen molar-refractivity contribution in [2.75, 3.05) is 12.4 Å². The van der Waals surface area contributed by atoms with E-state index in [2.05, 4.69) is 31.1 Å². The molecule has 0 amide bonds. The van der Waals surface area contributed by atoms with Crippen LogP contribution in [0.2, 0.25) is 0 Å². The first kappa shape index (κ1) is 13.1. The van der Waals surface area contributed by atoms with Crippen molar-refractivity contribution >= 4 is 26.7 Å². The number of nitrogens with one attached hydrogen (secondary N) is 1. The smallest absolute Gasteiger partial charge is 0.184 e. The van der Waals surface area contributed by atoms with E-state index in [9.17, 15) is 0 Å². The van der Waals surface area contributed by atoms with Gasteiger partial charge >= 0.3 is 0 Å². The summed E-state index contributed by atoms with van der Waals surface area (Å²) in [5.41, 5.74) is 1.03. The molecule has 0 radical (unpaired) electrons. The van der Waals surface area contributed by atoms with Gasteiger partial charge in [-0.1, -0.05) is 31.6 Å². The van der Waals surface area contributed by atoms with Crippen LogP contribution in [0.15, 0.2) is 18.2 Å². The Balaban J connectivity index is 2.19. The Hall–Kier alpha value is -1.29. The van der Waals surface area contributed by atoms with E-state index in [4.69, 9.17) is 4.74 Å². The average Bonchev–Trinajstić information content (AvgIpc) is 2.78. The van der Waals surface area contributed by atoms with E-state index in [1.54, 1.807) is 18.4 Å². The Morgan fingerprint density at radius 3 is 2.83 bits per heavy atom. The van der Waals surface area contributed by atoms with Crippen molar-refractivity contribution < 1.29 is 4.74 Å². The van der Waals surface area contributed by atoms with Crippen molar-refractivity contribution in [2.45, 2.75) is 33.2 Å². The SMILES string of the molecule is CCC(C)C(C)Nc1nc2ccc(OC)cc2s1. The number of aromatic nitrogens is 1. The molecule has 4 heteroatoms. The molecule has 1 N–H and O–H groups in total. The Bertz CT molecular complexity index is 523. The van der Waals surface area contributed by atoms with Crippen LogP contribution < -0.4 is 10.1 Å². The van der Waals surface area contributed by atoms with Crippen LogP contribution in [0.3, 0.4) is 0 Å². The highest BCUT2D eigenvalue weighted by Gasteiger charge is 2.12. The summed E-state index contributed by atoms with van der Waals surface area (Å²) in [5, 5.41) is 4.48. The number of fused-ring (bicyclic) bond motifs is 1. The van der Waals surface area contributed by atoms with Gasteiger partial charge in [0.25, 0.3) is 0 Å². The number of benzene rings is 1. The third-order valence-electron chi connectivity index (χ3n) is 3.44. The number of methoxy groups -OCH3 is 1. The van der Waals surface area contributed by atoms with Crippen LogP contribution in [0.25, 0.3) is 10.2 Å². The molecular weight excluding hydrogens is 244 g/mol. The van der Waals surface area contributed by atoms with Crippen LogP contribution in [-0.2, 0) is 0 Å². The molecule has 0 aliphatic rings. The molecule has 0 spiro atoms. The van der Waals surface area contributed by atoms with Crippen LogP contribution in [0.4, 0.5) is 5.13 Å². The predicted octanol–water partition coefficient (Wildman–Crippen LogP) is 4.15. The fourth-order valence-corrected chi connectivity index (χ4v) is 2.77. The summed E-state index contributed by atoms with van der Waals surface area (Å²) >= 11 is 1.68. The van der Waals surface area contributed by atoms with Crippen LogP contribution in [0.1, 0.15) is 27.2 Å². The quantitative estimate of drug-likeness (QED) is 0.880. The van der Waals surface area contributed by atoms with Gasteiger partial charge in [-0.2, -0.15) is 0 Å². The van der Waals surface area contributed by atoms with Crippen molar-refractivity contribution in [2.24, 2.45) is 5.92 Å². The lowest BCUT2D eigenvalue weighted by Gasteiger charge is -2.18. The Kier molecular flexibility index (Phi) is 4.07. The summed E-state index contributed by atoms with van der Waals surface area (Å²) in [6, 6.07) is 6.43. The Morgan fingerprint density at radius 1 is 1.39 bits per heavy atom. The largest absolute Gasteiger partial charge is 0.497 e. The summed E-state index contributed by atoms with van der Waals surface area (Å²) in [5.74, 6) is 1.53. The molecule has 3 nitrogen and oxygen atoms in total. The standard InChI is InChI=1S/C14H20N2OS/c1-5-9(2)10(3)15-14-16-12-7-6-11(17-4)8-13(12)18-14/h6-10H,5H2,1-4H3,(H,15,16). The molecule has 1 aromatic heterocycles. The molecule has 0 saturated heterocycles. The maximum Gasteiger partial charge on any atom is 0.184 e. The highest BCUT2D eigenvalue weighted by molar-refractivity contribution is 7.22. The summed E-state index contributed by atoms with van der Waals surface area (Å²) in [6.45, 7) is 6.68. The molecule has 1 aromatic carbocycles. The molecule has 2 atom stereocenters. The number of hydrogen-bond acceptors (Lipinski definition) is 4. The summed E-state index contributed by atoms with van der Waals surface area (Å²) < 4.78 is 6.39. The minimum atomic E-state index is 0.442. The lowest BCUT2D eigenvalue weighted by atomic mass is 10.0. The summed E-state index contributed by atoms with van der Waals surface area (Å²) in [7, 11) is 1.69. The van der Waals surface area contributed by atoms with E-state index in [0.29, 0.717) is 12.0 Å². The molecule has 0 aliphatic carbocycles. The topological polar surface area (TPSA) is 34.2 Å². The highest BCUT2D eigenvalue weighted by Crippen LogP contribution is 2.30. The van der Waals surface area contributed by atoms with Gasteiger partial charge in [0.05, 0.1) is 17.3 Å². The van der Waals surface area contributed by atoms with E-state index in [1.165, 1.54) is 6.42 Å². The minimum Gasteiger partial charge on any atom is -0.497 e. The number of hydrogen-bond donors (Lipinski definition) is 1. The first-order valence-corrected chi connectivity index (χ1v) is 7.16. The van der Waals surface area contributed by atoms with E-state index >= 15 is 0 Å². The first-order valence-electron chi connectivity index (χ1n) is 6.35. The van der Waals surface area contributed by atoms with E-state index < -0.39 is 0 Å². The molecule has 0 fully saturated rings. The van der Waals surface area contributed by atoms with Crippen molar-refractivity contribution in [1.82, 2.24) is 4.98 Å². The molecular formula is C14H20N2OS. The van der Waals surface area contributed by atoms with Gasteiger partial charge in [-0.3, -0.25) is 0 Å². The molecule has 98 valence electrons. The molecule has 0 saturated carbocycles. The molecule has 1 heterocycles. The minimum absolute atomic E-state index is 0.442. The van der Waals surface area contributed by atoms with Crippen LogP contribution in [0, 0.1) is 5.92 Å². The van der Waals surface area contributed by atoms with Gasteiger partial charge < -0.3 is 10.1 Å². The average molecular weight is 264 g/mol. The van der Waals surface area contributed by atoms with Gasteiger partial charge in [0.2, 0.25) is 0 Å². The van der Waals surface area contributed by atoms with Crippen molar-refractivity contribution in [3.8, 4) is 5.75 Å². The van der Waals surface area contributed by atoms with Crippen molar-refractivity contribution in [3.63, 3.8) is 0 Å². The predicted molar refractivity (Wildman–Crippen MR) is 78.7 cm³/mol. The molecule has 2 rings (SSSR count). The number of anilines is 1. The monoisotopic (exact) mass is 264 g/mol. The molecule has 2 unspecified atom stereocenters. The molecule has 18 heavy (non-hydrogen) atoms. The maximum absolute atomic E-state index is 5.23. The van der Waals surface area contributed by atoms with E-state index in [0.717, 1.165) is 21.1 Å². The van der Waals surface area contributed by atoms with Crippen molar-refractivity contribution in [3.05, 3.63) is 18.2 Å². The third-order valence-corrected chi connectivity index (χ3v) is 4.39. The number of nitrogens with zero attached hydrogens (tertiary/aromatic N) is 1. The maximum atomic E-state index is 5.23. The van der Waals surface area contributed by atoms with Crippen molar-refractivity contribution in [1.29, 1.82) is 0 Å². The second-order valence-corrected chi connectivity index (χ2v) is 5.70. The fraction of sp³-hybridized carbons (Fsp3) is 0.500. The Morgan fingerprint density at radius 2 is 2.17 bits per heavy atom. The lowest BCUT2D eigenvalue weighted by molar-refractivity contribution is 0.415. The first-order chi connectivity index (χ1) is 8.63. The zero-order valence-electron chi connectivity index (χ0n) is 11.4. The van der Waals surface area contributed by atoms with Crippen LogP contribution in [0.5, 0.6) is 5.75 Å². The van der Waals surface area contributed by atoms with Gasteiger partial charge in [-0.05, 0) is 31.0 Å². The number of ether oxygens (including phenoxy) is 1. The Labute approximate surface area is 112 Å². The second kappa shape index (κ2) is 5.57. The normalized spacial score (nSPS) is 14.4. The summed E-state index contributed by atoms with van der Waals surface area (Å²) in [6.07, 6.45) is 1.17. The van der Waals surface area contributed by atoms with E-state index in [1.807, 2.05) is 18.2 Å². The van der Waals surface area contributed by atoms with E-state index in [-0.39, 0.29) is 0 Å². The molecule has 2 aromatic rings. The fourth-order valence-electron chi connectivity index (χ4n) is 1.78. The number of rotatable bonds is 5. The highest BCUT2D eigenvalue weighted by atomic mass is 32.1.